The molecule has 0 unspecified atom stereocenters. The van der Waals surface area contributed by atoms with Crippen LogP contribution in [0.25, 0.3) is 0 Å². The molecular formula is C13H29F6PS. The summed E-state index contributed by atoms with van der Waals surface area (Å²) in [5, 5.41) is 0. The molecule has 0 aromatic rings. The first-order valence-electron chi connectivity index (χ1n) is 7.41. The minimum atomic E-state index is -10.7. The zero-order chi connectivity index (χ0) is 17.1. The summed E-state index contributed by atoms with van der Waals surface area (Å²) in [7, 11) is -9.93. The Bertz CT molecular complexity index is 227. The van der Waals surface area contributed by atoms with Gasteiger partial charge in [-0.05, 0) is 36.6 Å². The molecule has 0 spiro atoms. The molecule has 21 heavy (non-hydrogen) atoms. The second-order valence-electron chi connectivity index (χ2n) is 5.27. The van der Waals surface area contributed by atoms with Gasteiger partial charge in [0.1, 0.15) is 11.5 Å². The van der Waals surface area contributed by atoms with Gasteiger partial charge < -0.3 is 0 Å². The third-order valence-electron chi connectivity index (χ3n) is 2.69. The van der Waals surface area contributed by atoms with Crippen molar-refractivity contribution < 1.29 is 25.2 Å². The van der Waals surface area contributed by atoms with E-state index >= 15 is 0 Å². The molecule has 0 aromatic heterocycles. The fourth-order valence-corrected chi connectivity index (χ4v) is 3.25. The third kappa shape index (κ3) is 44.9. The van der Waals surface area contributed by atoms with Crippen molar-refractivity contribution in [1.29, 1.82) is 0 Å². The van der Waals surface area contributed by atoms with Crippen LogP contribution in [0.1, 0.15) is 65.2 Å². The van der Waals surface area contributed by atoms with Gasteiger partial charge in [0.2, 0.25) is 0 Å². The van der Waals surface area contributed by atoms with Crippen LogP contribution in [-0.4, -0.2) is 17.8 Å². The molecule has 0 saturated heterocycles. The fraction of sp³-hybridized carbons (Fsp3) is 1.00. The molecule has 0 aliphatic heterocycles. The summed E-state index contributed by atoms with van der Waals surface area (Å²) >= 11 is 0. The molecule has 0 aromatic carbocycles. The summed E-state index contributed by atoms with van der Waals surface area (Å²) in [6.45, 7) is 4.58. The zero-order valence-corrected chi connectivity index (χ0v) is 14.9. The van der Waals surface area contributed by atoms with Gasteiger partial charge in [0.15, 0.2) is 0 Å². The quantitative estimate of drug-likeness (QED) is 0.161. The predicted octanol–water partition coefficient (Wildman–Crippen LogP) is 7.78. The summed E-state index contributed by atoms with van der Waals surface area (Å²) in [4.78, 5) is 0. The molecular weight excluding hydrogens is 333 g/mol. The molecule has 0 aliphatic carbocycles. The molecule has 134 valence electrons. The molecule has 0 fully saturated rings. The van der Waals surface area contributed by atoms with Gasteiger partial charge in [-0.1, -0.05) is 39.5 Å². The van der Waals surface area contributed by atoms with Gasteiger partial charge >= 0.3 is 33.0 Å². The summed E-state index contributed by atoms with van der Waals surface area (Å²) in [6.07, 6.45) is 13.9. The predicted molar refractivity (Wildman–Crippen MR) is 84.9 cm³/mol. The second-order valence-corrected chi connectivity index (χ2v) is 9.57. The van der Waals surface area contributed by atoms with Crippen molar-refractivity contribution in [3.05, 3.63) is 0 Å². The molecule has 0 bridgehead atoms. The Morgan fingerprint density at radius 1 is 0.619 bits per heavy atom. The van der Waals surface area contributed by atoms with E-state index in [4.69, 9.17) is 0 Å². The van der Waals surface area contributed by atoms with E-state index in [9.17, 15) is 25.2 Å². The number of halogens is 6. The van der Waals surface area contributed by atoms with Crippen molar-refractivity contribution in [2.24, 2.45) is 0 Å². The van der Waals surface area contributed by atoms with Crippen LogP contribution < -0.4 is 0 Å². The molecule has 0 N–H and O–H groups in total. The molecule has 0 rings (SSSR count). The standard InChI is InChI=1S/C13H29S.F6P/c1-4-6-8-10-12-14(3)13-11-9-7-5-2;1-7(2,3,4,5)6/h4-13H2,1-3H3;/q+1;-1. The van der Waals surface area contributed by atoms with Crippen LogP contribution in [0.3, 0.4) is 0 Å². The Morgan fingerprint density at radius 2 is 0.905 bits per heavy atom. The number of hydrogen-bond donors (Lipinski definition) is 0. The maximum absolute atomic E-state index is 10.7. The molecule has 0 saturated carbocycles. The summed E-state index contributed by atoms with van der Waals surface area (Å²) in [5.74, 6) is 2.98. The number of hydrogen-bond acceptors (Lipinski definition) is 0. The van der Waals surface area contributed by atoms with Crippen molar-refractivity contribution in [1.82, 2.24) is 0 Å². The van der Waals surface area contributed by atoms with Gasteiger partial charge in [0.05, 0.1) is 6.26 Å². The van der Waals surface area contributed by atoms with E-state index in [-0.39, 0.29) is 0 Å². The minimum absolute atomic E-state index is 0.723. The Balaban J connectivity index is 0. The van der Waals surface area contributed by atoms with E-state index in [1.807, 2.05) is 0 Å². The van der Waals surface area contributed by atoms with Gasteiger partial charge in [0.25, 0.3) is 0 Å². The maximum atomic E-state index is 9.87. The van der Waals surface area contributed by atoms with Gasteiger partial charge in [-0.15, -0.1) is 0 Å². The van der Waals surface area contributed by atoms with Gasteiger partial charge in [-0.3, -0.25) is 0 Å². The monoisotopic (exact) mass is 362 g/mol. The van der Waals surface area contributed by atoms with Crippen molar-refractivity contribution in [2.45, 2.75) is 65.2 Å². The molecule has 0 aliphatic rings. The van der Waals surface area contributed by atoms with Gasteiger partial charge in [-0.25, -0.2) is 0 Å². The molecule has 0 amide bonds. The van der Waals surface area contributed by atoms with Crippen molar-refractivity contribution in [3.63, 3.8) is 0 Å². The van der Waals surface area contributed by atoms with Crippen LogP contribution in [-0.2, 0) is 10.9 Å². The first-order valence-corrected chi connectivity index (χ1v) is 11.4. The summed E-state index contributed by atoms with van der Waals surface area (Å²) in [6, 6.07) is 0. The van der Waals surface area contributed by atoms with E-state index in [1.165, 1.54) is 62.9 Å². The fourth-order valence-electron chi connectivity index (χ4n) is 1.65. The SMILES string of the molecule is CCCCCC[S+](C)CCCCCC.F[P-](F)(F)(F)(F)F. The third-order valence-corrected chi connectivity index (χ3v) is 4.66. The molecule has 8 heteroatoms. The Labute approximate surface area is 127 Å². The van der Waals surface area contributed by atoms with Gasteiger partial charge in [0, 0.05) is 0 Å². The Morgan fingerprint density at radius 3 is 1.14 bits per heavy atom. The van der Waals surface area contributed by atoms with Crippen molar-refractivity contribution in [2.75, 3.05) is 17.8 Å². The number of unbranched alkanes of at least 4 members (excludes halogenated alkanes) is 6. The van der Waals surface area contributed by atoms with Crippen LogP contribution >= 0.6 is 7.81 Å². The van der Waals surface area contributed by atoms with Crippen LogP contribution in [0.4, 0.5) is 25.2 Å². The normalized spacial score (nSPS) is 15.1. The van der Waals surface area contributed by atoms with Crippen LogP contribution in [0.15, 0.2) is 0 Å². The van der Waals surface area contributed by atoms with Crippen LogP contribution in [0, 0.1) is 0 Å². The van der Waals surface area contributed by atoms with E-state index in [1.54, 1.807) is 0 Å². The van der Waals surface area contributed by atoms with E-state index in [0.29, 0.717) is 0 Å². The molecule has 0 atom stereocenters. The summed E-state index contributed by atoms with van der Waals surface area (Å²) in [5.41, 5.74) is 0. The van der Waals surface area contributed by atoms with Crippen LogP contribution in [0.2, 0.25) is 0 Å². The first-order chi connectivity index (χ1) is 9.26. The van der Waals surface area contributed by atoms with Gasteiger partial charge in [-0.2, -0.15) is 0 Å². The average Bonchev–Trinajstić information content (AvgIpc) is 2.26. The van der Waals surface area contributed by atoms with E-state index in [2.05, 4.69) is 20.1 Å². The molecule has 0 heterocycles. The topological polar surface area (TPSA) is 0 Å². The number of rotatable bonds is 10. The van der Waals surface area contributed by atoms with E-state index < -0.39 is 7.81 Å². The zero-order valence-electron chi connectivity index (χ0n) is 13.2. The Kier molecular flexibility index (Phi) is 10.7. The average molecular weight is 362 g/mol. The summed E-state index contributed by atoms with van der Waals surface area (Å²) < 4.78 is 59.2. The molecule has 0 radical (unpaired) electrons. The first kappa shape index (κ1) is 23.6. The molecule has 0 nitrogen and oxygen atoms in total. The van der Waals surface area contributed by atoms with Crippen molar-refractivity contribution >= 4 is 18.7 Å². The van der Waals surface area contributed by atoms with Crippen molar-refractivity contribution in [3.8, 4) is 0 Å². The van der Waals surface area contributed by atoms with Crippen LogP contribution in [0.5, 0.6) is 0 Å². The van der Waals surface area contributed by atoms with E-state index in [0.717, 1.165) is 10.9 Å². The second kappa shape index (κ2) is 9.49. The Hall–Kier alpha value is 0.360.